The summed E-state index contributed by atoms with van der Waals surface area (Å²) in [6.07, 6.45) is -0.185. The van der Waals surface area contributed by atoms with Crippen LogP contribution in [0.15, 0.2) is 51.8 Å². The quantitative estimate of drug-likeness (QED) is 0.558. The van der Waals surface area contributed by atoms with Crippen molar-refractivity contribution in [1.29, 1.82) is 0 Å². The van der Waals surface area contributed by atoms with E-state index in [1.807, 2.05) is 19.1 Å². The molecular weight excluding hydrogens is 500 g/mol. The Kier molecular flexibility index (Phi) is 8.05. The molecule has 32 heavy (non-hydrogen) atoms. The number of hydrogen-bond donors (Lipinski definition) is 1. The maximum atomic E-state index is 13.0. The van der Waals surface area contributed by atoms with Gasteiger partial charge in [-0.3, -0.25) is 4.79 Å². The predicted molar refractivity (Wildman–Crippen MR) is 123 cm³/mol. The lowest BCUT2D eigenvalue weighted by atomic mass is 10.1. The number of rotatable bonds is 7. The first-order valence-electron chi connectivity index (χ1n) is 10.2. The summed E-state index contributed by atoms with van der Waals surface area (Å²) in [5.41, 5.74) is 1.77. The van der Waals surface area contributed by atoms with Crippen LogP contribution in [0.3, 0.4) is 0 Å². The zero-order valence-corrected chi connectivity index (χ0v) is 20.2. The molecule has 0 aromatic heterocycles. The average Bonchev–Trinajstić information content (AvgIpc) is 2.80. The maximum Gasteiger partial charge on any atom is 0.338 e. The Balaban J connectivity index is 1.70. The summed E-state index contributed by atoms with van der Waals surface area (Å²) < 4.78 is 38.1. The number of ether oxygens (including phenoxy) is 2. The van der Waals surface area contributed by atoms with E-state index in [2.05, 4.69) is 21.2 Å². The van der Waals surface area contributed by atoms with Gasteiger partial charge in [-0.2, -0.15) is 4.31 Å². The number of hydrogen-bond acceptors (Lipinski definition) is 6. The van der Waals surface area contributed by atoms with Crippen molar-refractivity contribution in [3.8, 4) is 0 Å². The number of sulfonamides is 1. The van der Waals surface area contributed by atoms with E-state index in [1.165, 1.54) is 29.4 Å². The van der Waals surface area contributed by atoms with Crippen molar-refractivity contribution < 1.29 is 27.5 Å². The third kappa shape index (κ3) is 5.74. The molecule has 1 N–H and O–H groups in total. The van der Waals surface area contributed by atoms with E-state index in [0.29, 0.717) is 23.4 Å². The van der Waals surface area contributed by atoms with Crippen LogP contribution in [0, 0.1) is 0 Å². The Morgan fingerprint density at radius 2 is 1.81 bits per heavy atom. The van der Waals surface area contributed by atoms with E-state index in [-0.39, 0.29) is 23.5 Å². The first-order chi connectivity index (χ1) is 15.2. The van der Waals surface area contributed by atoms with Crippen molar-refractivity contribution >= 4 is 43.5 Å². The molecule has 172 valence electrons. The molecule has 1 saturated heterocycles. The summed E-state index contributed by atoms with van der Waals surface area (Å²) in [5, 5.41) is 2.70. The molecule has 1 aliphatic heterocycles. The predicted octanol–water partition coefficient (Wildman–Crippen LogP) is 3.22. The van der Waals surface area contributed by atoms with Crippen LogP contribution in [0.1, 0.15) is 29.8 Å². The fourth-order valence-corrected chi connectivity index (χ4v) is 5.46. The highest BCUT2D eigenvalue weighted by Crippen LogP contribution is 2.27. The molecule has 0 bridgehead atoms. The SMILES string of the molecule is CCc1ccc(NC(=O)[C@H](C)OC(=O)c2ccc(Br)c(S(=O)(=O)N3CCOCC3)c2)cc1. The van der Waals surface area contributed by atoms with Crippen molar-refractivity contribution in [1.82, 2.24) is 4.31 Å². The van der Waals surface area contributed by atoms with Gasteiger partial charge in [-0.15, -0.1) is 0 Å². The van der Waals surface area contributed by atoms with Crippen LogP contribution in [0.25, 0.3) is 0 Å². The zero-order chi connectivity index (χ0) is 23.3. The van der Waals surface area contributed by atoms with Gasteiger partial charge in [-0.05, 0) is 65.2 Å². The molecule has 0 saturated carbocycles. The summed E-state index contributed by atoms with van der Waals surface area (Å²) in [4.78, 5) is 25.0. The smallest absolute Gasteiger partial charge is 0.338 e. The topological polar surface area (TPSA) is 102 Å². The molecule has 1 atom stereocenters. The van der Waals surface area contributed by atoms with Crippen molar-refractivity contribution in [2.24, 2.45) is 0 Å². The number of amides is 1. The normalized spacial score (nSPS) is 15.7. The van der Waals surface area contributed by atoms with Gasteiger partial charge in [0.25, 0.3) is 5.91 Å². The van der Waals surface area contributed by atoms with E-state index in [0.717, 1.165) is 12.0 Å². The van der Waals surface area contributed by atoms with Crippen LogP contribution >= 0.6 is 15.9 Å². The van der Waals surface area contributed by atoms with Crippen LogP contribution in [-0.4, -0.2) is 57.0 Å². The molecule has 2 aromatic rings. The van der Waals surface area contributed by atoms with E-state index >= 15 is 0 Å². The van der Waals surface area contributed by atoms with Gasteiger partial charge in [0.05, 0.1) is 23.7 Å². The summed E-state index contributed by atoms with van der Waals surface area (Å²) >= 11 is 3.25. The van der Waals surface area contributed by atoms with E-state index in [4.69, 9.17) is 9.47 Å². The molecule has 10 heteroatoms. The molecule has 0 unspecified atom stereocenters. The first kappa shape index (κ1) is 24.4. The molecule has 1 aliphatic rings. The average molecular weight is 525 g/mol. The number of anilines is 1. The maximum absolute atomic E-state index is 13.0. The minimum absolute atomic E-state index is 0.0342. The summed E-state index contributed by atoms with van der Waals surface area (Å²) in [5.74, 6) is -1.28. The lowest BCUT2D eigenvalue weighted by molar-refractivity contribution is -0.123. The van der Waals surface area contributed by atoms with Gasteiger partial charge in [-0.25, -0.2) is 13.2 Å². The Labute approximate surface area is 196 Å². The second-order valence-corrected chi connectivity index (χ2v) is 10.0. The Morgan fingerprint density at radius 1 is 1.16 bits per heavy atom. The molecule has 8 nitrogen and oxygen atoms in total. The second kappa shape index (κ2) is 10.6. The standard InChI is InChI=1S/C22H25BrN2O6S/c1-3-16-4-7-18(8-5-16)24-21(26)15(2)31-22(27)17-6-9-19(23)20(14-17)32(28,29)25-10-12-30-13-11-25/h4-9,14-15H,3,10-13H2,1-2H3,(H,24,26)/t15-/m0/s1. The van der Waals surface area contributed by atoms with Gasteiger partial charge >= 0.3 is 5.97 Å². The van der Waals surface area contributed by atoms with Crippen LogP contribution in [0.4, 0.5) is 5.69 Å². The zero-order valence-electron chi connectivity index (χ0n) is 17.8. The van der Waals surface area contributed by atoms with Gasteiger partial charge in [0.1, 0.15) is 0 Å². The lowest BCUT2D eigenvalue weighted by Crippen LogP contribution is -2.40. The monoisotopic (exact) mass is 524 g/mol. The first-order valence-corrected chi connectivity index (χ1v) is 12.4. The van der Waals surface area contributed by atoms with Crippen LogP contribution < -0.4 is 5.32 Å². The number of carbonyl (C=O) groups is 2. The molecule has 1 heterocycles. The van der Waals surface area contributed by atoms with Crippen molar-refractivity contribution in [2.45, 2.75) is 31.3 Å². The summed E-state index contributed by atoms with van der Waals surface area (Å²) in [7, 11) is -3.82. The highest BCUT2D eigenvalue weighted by Gasteiger charge is 2.29. The molecule has 1 fully saturated rings. The van der Waals surface area contributed by atoms with Crippen LogP contribution in [-0.2, 0) is 30.7 Å². The van der Waals surface area contributed by atoms with Gasteiger partial charge < -0.3 is 14.8 Å². The molecule has 3 rings (SSSR count). The molecule has 0 spiro atoms. The summed E-state index contributed by atoms with van der Waals surface area (Å²) in [6, 6.07) is 11.6. The van der Waals surface area contributed by atoms with Crippen molar-refractivity contribution in [3.63, 3.8) is 0 Å². The Bertz CT molecular complexity index is 1080. The number of carbonyl (C=O) groups excluding carboxylic acids is 2. The van der Waals surface area contributed by atoms with Crippen molar-refractivity contribution in [3.05, 3.63) is 58.1 Å². The number of benzene rings is 2. The van der Waals surface area contributed by atoms with Gasteiger partial charge in [-0.1, -0.05) is 19.1 Å². The Morgan fingerprint density at radius 3 is 2.44 bits per heavy atom. The van der Waals surface area contributed by atoms with E-state index in [1.54, 1.807) is 12.1 Å². The largest absolute Gasteiger partial charge is 0.449 e. The fraction of sp³-hybridized carbons (Fsp3) is 0.364. The highest BCUT2D eigenvalue weighted by molar-refractivity contribution is 9.10. The molecule has 2 aromatic carbocycles. The summed E-state index contributed by atoms with van der Waals surface area (Å²) in [6.45, 7) is 4.59. The third-order valence-electron chi connectivity index (χ3n) is 5.04. The fourth-order valence-electron chi connectivity index (χ4n) is 3.10. The highest BCUT2D eigenvalue weighted by atomic mass is 79.9. The third-order valence-corrected chi connectivity index (χ3v) is 7.93. The molecule has 0 aliphatic carbocycles. The van der Waals surface area contributed by atoms with Crippen LogP contribution in [0.2, 0.25) is 0 Å². The molecule has 1 amide bonds. The van der Waals surface area contributed by atoms with Gasteiger partial charge in [0.15, 0.2) is 6.10 Å². The number of nitrogens with one attached hydrogen (secondary N) is 1. The van der Waals surface area contributed by atoms with Crippen LogP contribution in [0.5, 0.6) is 0 Å². The minimum atomic E-state index is -3.82. The second-order valence-electron chi connectivity index (χ2n) is 7.25. The number of aryl methyl sites for hydroxylation is 1. The van der Waals surface area contributed by atoms with Crippen molar-refractivity contribution in [2.75, 3.05) is 31.6 Å². The number of halogens is 1. The van der Waals surface area contributed by atoms with E-state index < -0.39 is 28.0 Å². The van der Waals surface area contributed by atoms with Gasteiger partial charge in [0.2, 0.25) is 10.0 Å². The van der Waals surface area contributed by atoms with E-state index in [9.17, 15) is 18.0 Å². The van der Waals surface area contributed by atoms with Gasteiger partial charge in [0, 0.05) is 23.2 Å². The number of morpholine rings is 1. The number of nitrogens with zero attached hydrogens (tertiary/aromatic N) is 1. The minimum Gasteiger partial charge on any atom is -0.449 e. The number of esters is 1. The Hall–Kier alpha value is -2.27. The molecular formula is C22H25BrN2O6S. The lowest BCUT2D eigenvalue weighted by Gasteiger charge is -2.26. The molecule has 0 radical (unpaired) electrons.